The smallest absolute Gasteiger partial charge is 0.306 e. The van der Waals surface area contributed by atoms with Crippen molar-refractivity contribution in [1.82, 2.24) is 0 Å². The van der Waals surface area contributed by atoms with Crippen LogP contribution in [0.4, 0.5) is 0 Å². The lowest BCUT2D eigenvalue weighted by Crippen LogP contribution is -2.32. The Morgan fingerprint density at radius 3 is 2.29 bits per heavy atom. The van der Waals surface area contributed by atoms with E-state index in [1.807, 2.05) is 0 Å². The van der Waals surface area contributed by atoms with Crippen LogP contribution in [0.15, 0.2) is 34.9 Å². The van der Waals surface area contributed by atoms with Crippen LogP contribution in [0, 0.1) is 5.41 Å². The molecule has 172 valence electrons. The van der Waals surface area contributed by atoms with Gasteiger partial charge in [-0.1, -0.05) is 26.5 Å². The summed E-state index contributed by atoms with van der Waals surface area (Å²) in [5.41, 5.74) is 5.85. The van der Waals surface area contributed by atoms with Crippen LogP contribution in [0.3, 0.4) is 0 Å². The van der Waals surface area contributed by atoms with Gasteiger partial charge in [0.15, 0.2) is 11.6 Å². The Labute approximate surface area is 184 Å². The van der Waals surface area contributed by atoms with Crippen molar-refractivity contribution in [3.8, 4) is 0 Å². The molecule has 1 rings (SSSR count). The molecule has 31 heavy (non-hydrogen) atoms. The van der Waals surface area contributed by atoms with Crippen LogP contribution in [0.2, 0.25) is 0 Å². The van der Waals surface area contributed by atoms with E-state index in [0.29, 0.717) is 35.4 Å². The van der Waals surface area contributed by atoms with Crippen molar-refractivity contribution in [3.63, 3.8) is 0 Å². The number of unbranched alkanes of at least 4 members (excludes halogenated alkanes) is 2. The van der Waals surface area contributed by atoms with Gasteiger partial charge in [-0.15, -0.1) is 0 Å². The van der Waals surface area contributed by atoms with Crippen LogP contribution in [0.5, 0.6) is 0 Å². The van der Waals surface area contributed by atoms with Gasteiger partial charge in [0, 0.05) is 34.1 Å². The van der Waals surface area contributed by atoms with Gasteiger partial charge in [-0.3, -0.25) is 19.2 Å². The normalized spacial score (nSPS) is 14.7. The van der Waals surface area contributed by atoms with Crippen LogP contribution in [0.1, 0.15) is 66.2 Å². The summed E-state index contributed by atoms with van der Waals surface area (Å²) in [5.74, 6) is -1.41. The first-order valence-electron chi connectivity index (χ1n) is 10.7. The average molecular weight is 434 g/mol. The number of ketones is 2. The maximum absolute atomic E-state index is 13.1. The second-order valence-electron chi connectivity index (χ2n) is 8.36. The fourth-order valence-corrected chi connectivity index (χ4v) is 3.68. The lowest BCUT2D eigenvalue weighted by atomic mass is 9.70. The maximum atomic E-state index is 13.1. The molecule has 0 aliphatic heterocycles. The zero-order valence-corrected chi connectivity index (χ0v) is 19.2. The molecule has 0 saturated heterocycles. The van der Waals surface area contributed by atoms with Crippen LogP contribution in [0.25, 0.3) is 0 Å². The van der Waals surface area contributed by atoms with Crippen molar-refractivity contribution in [2.45, 2.75) is 66.2 Å². The number of ether oxygens (including phenoxy) is 2. The zero-order valence-electron chi connectivity index (χ0n) is 19.2. The number of carbonyl (C=O) groups is 4. The molecule has 0 atom stereocenters. The average Bonchev–Trinajstić information content (AvgIpc) is 2.70. The third-order valence-corrected chi connectivity index (χ3v) is 5.33. The standard InChI is InChI=1S/C24H35NO6/c1-6-13-30-19(26)11-10-18-16(2)23(29)21(17(3)22(18)28)24(4,5)15-20(27)31-14-9-7-8-12-25/h6H,1,7-15,25H2,2-5H3. The number of carbonyl (C=O) groups excluding carboxylic acids is 4. The molecule has 0 spiro atoms. The third kappa shape index (κ3) is 7.58. The minimum Gasteiger partial charge on any atom is -0.466 e. The highest BCUT2D eigenvalue weighted by Gasteiger charge is 2.39. The molecular formula is C24H35NO6. The van der Waals surface area contributed by atoms with Gasteiger partial charge in [0.2, 0.25) is 0 Å². The van der Waals surface area contributed by atoms with Gasteiger partial charge in [0.1, 0.15) is 6.61 Å². The predicted octanol–water partition coefficient (Wildman–Crippen LogP) is 3.37. The SMILES string of the molecule is C=CCOC(=O)CCC1=C(C)C(=O)C(C(C)(C)CC(=O)OCCCCCN)=C(C)C1=O. The fraction of sp³-hybridized carbons (Fsp3) is 0.583. The molecule has 0 bridgehead atoms. The number of allylic oxidation sites excluding steroid dienone is 4. The van der Waals surface area contributed by atoms with Gasteiger partial charge in [-0.2, -0.15) is 0 Å². The summed E-state index contributed by atoms with van der Waals surface area (Å²) in [6.45, 7) is 11.2. The predicted molar refractivity (Wildman–Crippen MR) is 118 cm³/mol. The Morgan fingerprint density at radius 2 is 1.68 bits per heavy atom. The molecule has 0 saturated carbocycles. The quantitative estimate of drug-likeness (QED) is 0.205. The van der Waals surface area contributed by atoms with E-state index in [9.17, 15) is 19.2 Å². The van der Waals surface area contributed by atoms with Crippen LogP contribution >= 0.6 is 0 Å². The summed E-state index contributed by atoms with van der Waals surface area (Å²) in [7, 11) is 0. The maximum Gasteiger partial charge on any atom is 0.306 e. The van der Waals surface area contributed by atoms with Crippen molar-refractivity contribution >= 4 is 23.5 Å². The lowest BCUT2D eigenvalue weighted by molar-refractivity contribution is -0.146. The van der Waals surface area contributed by atoms with E-state index in [2.05, 4.69) is 6.58 Å². The van der Waals surface area contributed by atoms with Crippen molar-refractivity contribution in [1.29, 1.82) is 0 Å². The Balaban J connectivity index is 2.86. The number of nitrogens with two attached hydrogens (primary N) is 1. The fourth-order valence-electron chi connectivity index (χ4n) is 3.68. The van der Waals surface area contributed by atoms with E-state index in [1.165, 1.54) is 6.08 Å². The number of hydrogen-bond acceptors (Lipinski definition) is 7. The lowest BCUT2D eigenvalue weighted by Gasteiger charge is -2.31. The molecule has 0 heterocycles. The van der Waals surface area contributed by atoms with Gasteiger partial charge in [0.25, 0.3) is 0 Å². The highest BCUT2D eigenvalue weighted by molar-refractivity contribution is 6.25. The van der Waals surface area contributed by atoms with E-state index < -0.39 is 17.4 Å². The largest absolute Gasteiger partial charge is 0.466 e. The van der Waals surface area contributed by atoms with Crippen molar-refractivity contribution in [2.75, 3.05) is 19.8 Å². The van der Waals surface area contributed by atoms with Crippen LogP contribution in [-0.2, 0) is 28.7 Å². The first kappa shape index (κ1) is 26.5. The minimum absolute atomic E-state index is 0.00201. The molecule has 0 aromatic rings. The summed E-state index contributed by atoms with van der Waals surface area (Å²) in [6.07, 6.45) is 4.09. The minimum atomic E-state index is -0.860. The molecule has 0 amide bonds. The van der Waals surface area contributed by atoms with Crippen LogP contribution < -0.4 is 5.73 Å². The molecule has 1 aliphatic rings. The van der Waals surface area contributed by atoms with Crippen LogP contribution in [-0.4, -0.2) is 43.3 Å². The Bertz CT molecular complexity index is 788. The molecule has 2 N–H and O–H groups in total. The molecule has 0 aromatic heterocycles. The molecule has 1 aliphatic carbocycles. The summed E-state index contributed by atoms with van der Waals surface area (Å²) in [5, 5.41) is 0. The first-order valence-corrected chi connectivity index (χ1v) is 10.7. The van der Waals surface area contributed by atoms with Gasteiger partial charge in [0.05, 0.1) is 13.0 Å². The van der Waals surface area contributed by atoms with Gasteiger partial charge in [-0.25, -0.2) is 0 Å². The molecule has 7 nitrogen and oxygen atoms in total. The summed E-state index contributed by atoms with van der Waals surface area (Å²) in [6, 6.07) is 0. The van der Waals surface area contributed by atoms with E-state index >= 15 is 0 Å². The third-order valence-electron chi connectivity index (χ3n) is 5.33. The Morgan fingerprint density at radius 1 is 1.00 bits per heavy atom. The molecule has 7 heteroatoms. The topological polar surface area (TPSA) is 113 Å². The number of rotatable bonds is 13. The Kier molecular flexibility index (Phi) is 10.6. The number of esters is 2. The summed E-state index contributed by atoms with van der Waals surface area (Å²) < 4.78 is 10.2. The number of Topliss-reactive ketones (excluding diaryl/α,β-unsaturated/α-hetero) is 2. The van der Waals surface area contributed by atoms with Gasteiger partial charge in [-0.05, 0) is 46.1 Å². The molecular weight excluding hydrogens is 398 g/mol. The second-order valence-corrected chi connectivity index (χ2v) is 8.36. The molecule has 0 radical (unpaired) electrons. The highest BCUT2D eigenvalue weighted by Crippen LogP contribution is 2.39. The zero-order chi connectivity index (χ0) is 23.6. The van der Waals surface area contributed by atoms with E-state index in [4.69, 9.17) is 15.2 Å². The van der Waals surface area contributed by atoms with Crippen molar-refractivity contribution < 1.29 is 28.7 Å². The van der Waals surface area contributed by atoms with E-state index in [-0.39, 0.29) is 37.4 Å². The van der Waals surface area contributed by atoms with E-state index in [0.717, 1.165) is 19.3 Å². The van der Waals surface area contributed by atoms with Gasteiger partial charge >= 0.3 is 11.9 Å². The summed E-state index contributed by atoms with van der Waals surface area (Å²) >= 11 is 0. The molecule has 0 fully saturated rings. The summed E-state index contributed by atoms with van der Waals surface area (Å²) in [4.78, 5) is 50.1. The first-order chi connectivity index (χ1) is 14.6. The van der Waals surface area contributed by atoms with Gasteiger partial charge < -0.3 is 15.2 Å². The monoisotopic (exact) mass is 433 g/mol. The molecule has 0 aromatic carbocycles. The number of hydrogen-bond donors (Lipinski definition) is 1. The molecule has 0 unspecified atom stereocenters. The van der Waals surface area contributed by atoms with Crippen molar-refractivity contribution in [3.05, 3.63) is 34.9 Å². The van der Waals surface area contributed by atoms with E-state index in [1.54, 1.807) is 27.7 Å². The second kappa shape index (κ2) is 12.3. The Hall–Kier alpha value is -2.54. The highest BCUT2D eigenvalue weighted by atomic mass is 16.5. The van der Waals surface area contributed by atoms with Crippen molar-refractivity contribution in [2.24, 2.45) is 11.1 Å².